The zero-order chi connectivity index (χ0) is 15.2. The molecule has 0 unspecified atom stereocenters. The van der Waals surface area contributed by atoms with E-state index in [1.165, 1.54) is 20.8 Å². The van der Waals surface area contributed by atoms with Gasteiger partial charge in [-0.3, -0.25) is 0 Å². The molecule has 0 N–H and O–H groups in total. The van der Waals surface area contributed by atoms with Gasteiger partial charge in [-0.1, -0.05) is 97.2 Å². The van der Waals surface area contributed by atoms with E-state index in [0.29, 0.717) is 0 Å². The van der Waals surface area contributed by atoms with Gasteiger partial charge in [-0.25, -0.2) is 0 Å². The molecule has 3 aromatic carbocycles. The van der Waals surface area contributed by atoms with Crippen molar-refractivity contribution in [2.24, 2.45) is 0 Å². The molecule has 2 heteroatoms. The van der Waals surface area contributed by atoms with E-state index in [4.69, 9.17) is 0 Å². The van der Waals surface area contributed by atoms with Crippen LogP contribution in [0.3, 0.4) is 0 Å². The molecule has 0 radical (unpaired) electrons. The van der Waals surface area contributed by atoms with Crippen molar-refractivity contribution in [2.75, 3.05) is 0 Å². The lowest BCUT2D eigenvalue weighted by Crippen LogP contribution is -2.21. The second-order valence-electron chi connectivity index (χ2n) is 4.76. The Kier molecular flexibility index (Phi) is 5.11. The predicted octanol–water partition coefficient (Wildman–Crippen LogP) is 4.68. The fourth-order valence-electron chi connectivity index (χ4n) is 2.41. The molecule has 0 aromatic heterocycles. The minimum Gasteiger partial charge on any atom is -0.0980 e. The second-order valence-corrected chi connectivity index (χ2v) is 7.95. The van der Waals surface area contributed by atoms with Gasteiger partial charge in [0.05, 0.1) is 0 Å². The Morgan fingerprint density at radius 3 is 1.73 bits per heavy atom. The number of benzene rings is 3. The molecule has 0 fully saturated rings. The third-order valence-electron chi connectivity index (χ3n) is 3.35. The van der Waals surface area contributed by atoms with Gasteiger partial charge in [0.15, 0.2) is 0 Å². The normalized spacial score (nSPS) is 10.6. The van der Waals surface area contributed by atoms with Crippen molar-refractivity contribution in [3.8, 4) is 0 Å². The van der Waals surface area contributed by atoms with Crippen molar-refractivity contribution in [2.45, 2.75) is 4.90 Å². The number of thioether (sulfide) groups is 1. The van der Waals surface area contributed by atoms with Crippen molar-refractivity contribution < 1.29 is 0 Å². The average molecular weight is 320 g/mol. The van der Waals surface area contributed by atoms with Crippen LogP contribution in [0.2, 0.25) is 0 Å². The molecule has 22 heavy (non-hydrogen) atoms. The summed E-state index contributed by atoms with van der Waals surface area (Å²) in [5.74, 6) is 0. The van der Waals surface area contributed by atoms with Crippen LogP contribution in [0.15, 0.2) is 102 Å². The van der Waals surface area contributed by atoms with Gasteiger partial charge in [0, 0.05) is 4.90 Å². The summed E-state index contributed by atoms with van der Waals surface area (Å²) in [6, 6.07) is 30.2. The summed E-state index contributed by atoms with van der Waals surface area (Å²) in [5.41, 5.74) is 0. The summed E-state index contributed by atoms with van der Waals surface area (Å²) in [7, 11) is -0.547. The van der Waals surface area contributed by atoms with E-state index < -0.39 is 7.92 Å². The van der Waals surface area contributed by atoms with Crippen LogP contribution >= 0.6 is 19.7 Å². The maximum atomic E-state index is 3.87. The Morgan fingerprint density at radius 1 is 0.682 bits per heavy atom. The Hall–Kier alpha value is -1.82. The molecule has 0 nitrogen and oxygen atoms in total. The van der Waals surface area contributed by atoms with Gasteiger partial charge in [-0.05, 0) is 35.3 Å². The van der Waals surface area contributed by atoms with Gasteiger partial charge in [0.25, 0.3) is 0 Å². The second kappa shape index (κ2) is 7.45. The smallest absolute Gasteiger partial charge is 0.0199 e. The molecule has 3 rings (SSSR count). The largest absolute Gasteiger partial charge is 0.0980 e. The van der Waals surface area contributed by atoms with Crippen molar-refractivity contribution in [1.82, 2.24) is 0 Å². The zero-order valence-corrected chi connectivity index (χ0v) is 13.9. The van der Waals surface area contributed by atoms with Crippen molar-refractivity contribution in [1.29, 1.82) is 0 Å². The standard InChI is InChI=1S/C20H17PS/c1-2-22-20-16-10-9-15-19(20)21(17-11-5-3-6-12-17)18-13-7-4-8-14-18/h2-16H,1H2. The lowest BCUT2D eigenvalue weighted by Gasteiger charge is -2.21. The average Bonchev–Trinajstić information content (AvgIpc) is 2.59. The van der Waals surface area contributed by atoms with E-state index in [1.807, 2.05) is 5.41 Å². The number of rotatable bonds is 5. The van der Waals surface area contributed by atoms with Crippen LogP contribution in [0.1, 0.15) is 0 Å². The minimum absolute atomic E-state index is 0.547. The van der Waals surface area contributed by atoms with Crippen molar-refractivity contribution >= 4 is 35.6 Å². The molecule has 0 saturated carbocycles. The molecule has 108 valence electrons. The van der Waals surface area contributed by atoms with Crippen LogP contribution in [0.25, 0.3) is 0 Å². The summed E-state index contributed by atoms with van der Waals surface area (Å²) in [4.78, 5) is 1.29. The molecule has 0 amide bonds. The minimum atomic E-state index is -0.547. The third kappa shape index (κ3) is 3.32. The quantitative estimate of drug-likeness (QED) is 0.486. The molecule has 0 spiro atoms. The van der Waals surface area contributed by atoms with E-state index in [0.717, 1.165) is 0 Å². The Bertz CT molecular complexity index is 698. The van der Waals surface area contributed by atoms with Crippen molar-refractivity contribution in [3.05, 3.63) is 96.9 Å². The Morgan fingerprint density at radius 2 is 1.18 bits per heavy atom. The zero-order valence-electron chi connectivity index (χ0n) is 12.2. The number of hydrogen-bond donors (Lipinski definition) is 0. The first-order valence-corrected chi connectivity index (χ1v) is 9.39. The molecule has 0 aliphatic rings. The fraction of sp³-hybridized carbons (Fsp3) is 0. The van der Waals surface area contributed by atoms with Gasteiger partial charge in [0.2, 0.25) is 0 Å². The highest BCUT2D eigenvalue weighted by atomic mass is 32.2. The first-order valence-electron chi connectivity index (χ1n) is 7.17. The molecule has 3 aromatic rings. The van der Waals surface area contributed by atoms with Gasteiger partial charge in [0.1, 0.15) is 0 Å². The van der Waals surface area contributed by atoms with Crippen molar-refractivity contribution in [3.63, 3.8) is 0 Å². The maximum absolute atomic E-state index is 3.87. The van der Waals surface area contributed by atoms with Gasteiger partial charge < -0.3 is 0 Å². The molecular weight excluding hydrogens is 303 g/mol. The topological polar surface area (TPSA) is 0 Å². The SMILES string of the molecule is C=CSc1ccccc1P(c1ccccc1)c1ccccc1. The van der Waals surface area contributed by atoms with E-state index in [2.05, 4.69) is 91.5 Å². The first kappa shape index (κ1) is 15.1. The summed E-state index contributed by atoms with van der Waals surface area (Å²) in [5, 5.41) is 6.05. The molecule has 0 aliphatic carbocycles. The van der Waals surface area contributed by atoms with Gasteiger partial charge >= 0.3 is 0 Å². The van der Waals surface area contributed by atoms with E-state index in [9.17, 15) is 0 Å². The summed E-state index contributed by atoms with van der Waals surface area (Å²) < 4.78 is 0. The highest BCUT2D eigenvalue weighted by Crippen LogP contribution is 2.36. The lowest BCUT2D eigenvalue weighted by atomic mass is 10.3. The molecule has 0 heterocycles. The summed E-state index contributed by atoms with van der Waals surface area (Å²) in [6.45, 7) is 3.87. The van der Waals surface area contributed by atoms with Crippen LogP contribution in [0, 0.1) is 0 Å². The van der Waals surface area contributed by atoms with Gasteiger partial charge in [-0.15, -0.1) is 0 Å². The fourth-order valence-corrected chi connectivity index (χ4v) is 5.70. The van der Waals surface area contributed by atoms with Gasteiger partial charge in [-0.2, -0.15) is 0 Å². The van der Waals surface area contributed by atoms with E-state index >= 15 is 0 Å². The highest BCUT2D eigenvalue weighted by Gasteiger charge is 2.18. The maximum Gasteiger partial charge on any atom is 0.0199 e. The molecule has 0 saturated heterocycles. The van der Waals surface area contributed by atoms with Crippen LogP contribution in [-0.4, -0.2) is 0 Å². The number of hydrogen-bond acceptors (Lipinski definition) is 1. The molecular formula is C20H17PS. The Labute approximate surface area is 137 Å². The van der Waals surface area contributed by atoms with E-state index in [-0.39, 0.29) is 0 Å². The highest BCUT2D eigenvalue weighted by molar-refractivity contribution is 8.02. The van der Waals surface area contributed by atoms with Crippen LogP contribution < -0.4 is 15.9 Å². The third-order valence-corrected chi connectivity index (χ3v) is 6.77. The monoisotopic (exact) mass is 320 g/mol. The first-order chi connectivity index (χ1) is 10.9. The predicted molar refractivity (Wildman–Crippen MR) is 101 cm³/mol. The van der Waals surface area contributed by atoms with E-state index in [1.54, 1.807) is 11.8 Å². The van der Waals surface area contributed by atoms with Crippen LogP contribution in [-0.2, 0) is 0 Å². The molecule has 0 bridgehead atoms. The molecule has 0 aliphatic heterocycles. The summed E-state index contributed by atoms with van der Waals surface area (Å²) in [6.07, 6.45) is 0. The van der Waals surface area contributed by atoms with Crippen LogP contribution in [0.4, 0.5) is 0 Å². The van der Waals surface area contributed by atoms with Crippen LogP contribution in [0.5, 0.6) is 0 Å². The molecule has 0 atom stereocenters. The lowest BCUT2D eigenvalue weighted by molar-refractivity contribution is 1.53. The summed E-state index contributed by atoms with van der Waals surface area (Å²) >= 11 is 1.70. The Balaban J connectivity index is 2.17.